The Morgan fingerprint density at radius 1 is 1.11 bits per heavy atom. The van der Waals surface area contributed by atoms with E-state index in [1.54, 1.807) is 3.88 Å². The SMILES string of the molecule is CC(C)N(C[CH2][Ti][C]1=CC=CC1)C(C)C.Cl.Cl.Cl. The Hall–Kier alpha value is 1.02. The average Bonchev–Trinajstić information content (AvgIpc) is 2.63. The molecule has 108 valence electrons. The van der Waals surface area contributed by atoms with E-state index in [4.69, 9.17) is 0 Å². The molecule has 0 spiro atoms. The molecule has 0 aliphatic heterocycles. The van der Waals surface area contributed by atoms with Crippen LogP contribution in [-0.2, 0) is 19.2 Å². The third-order valence-electron chi connectivity index (χ3n) is 2.82. The standard InChI is InChI=1S/C8H18N.C5H5.3ClH.Ti/c1-6-9(7(2)3)8(4)5;1-2-4-5-3-1;;;;/h7-8H,1,6H2,2-5H3;1-3H,4H2;3*1H;. The monoisotopic (exact) mass is 349 g/mol. The van der Waals surface area contributed by atoms with Crippen molar-refractivity contribution in [1.82, 2.24) is 4.90 Å². The molecular formula is C13H26Cl3NTi. The summed E-state index contributed by atoms with van der Waals surface area (Å²) in [7, 11) is 0. The molecule has 0 radical (unpaired) electrons. The number of hydrogen-bond acceptors (Lipinski definition) is 1. The molecule has 0 amide bonds. The fourth-order valence-corrected chi connectivity index (χ4v) is 3.86. The van der Waals surface area contributed by atoms with Gasteiger partial charge in [-0.25, -0.2) is 0 Å². The minimum atomic E-state index is 0. The van der Waals surface area contributed by atoms with E-state index < -0.39 is 0 Å². The van der Waals surface area contributed by atoms with Gasteiger partial charge in [-0.3, -0.25) is 0 Å². The molecule has 1 nitrogen and oxygen atoms in total. The topological polar surface area (TPSA) is 3.24 Å². The summed E-state index contributed by atoms with van der Waals surface area (Å²) in [6.45, 7) is 10.5. The van der Waals surface area contributed by atoms with Gasteiger partial charge in [-0.1, -0.05) is 0 Å². The van der Waals surface area contributed by atoms with Gasteiger partial charge < -0.3 is 0 Å². The summed E-state index contributed by atoms with van der Waals surface area (Å²) in [5.41, 5.74) is 0. The van der Waals surface area contributed by atoms with Crippen LogP contribution in [0.3, 0.4) is 0 Å². The minimum absolute atomic E-state index is 0. The Balaban J connectivity index is -0.000000750. The third-order valence-corrected chi connectivity index (χ3v) is 4.85. The zero-order chi connectivity index (χ0) is 11.3. The molecule has 0 unspecified atom stereocenters. The Kier molecular flexibility index (Phi) is 17.4. The molecule has 18 heavy (non-hydrogen) atoms. The second kappa shape index (κ2) is 13.0. The molecule has 0 N–H and O–H groups in total. The summed E-state index contributed by atoms with van der Waals surface area (Å²) in [5.74, 6) is 0. The Labute approximate surface area is 140 Å². The molecule has 0 saturated carbocycles. The van der Waals surface area contributed by atoms with E-state index in [0.717, 1.165) is 0 Å². The molecule has 0 heterocycles. The van der Waals surface area contributed by atoms with Gasteiger partial charge in [0.25, 0.3) is 0 Å². The van der Waals surface area contributed by atoms with Gasteiger partial charge in [0, 0.05) is 0 Å². The van der Waals surface area contributed by atoms with Crippen molar-refractivity contribution < 1.29 is 19.2 Å². The van der Waals surface area contributed by atoms with Crippen LogP contribution < -0.4 is 0 Å². The second-order valence-electron chi connectivity index (χ2n) is 4.68. The van der Waals surface area contributed by atoms with Crippen molar-refractivity contribution in [2.75, 3.05) is 6.54 Å². The van der Waals surface area contributed by atoms with Gasteiger partial charge in [0.2, 0.25) is 0 Å². The van der Waals surface area contributed by atoms with Gasteiger partial charge >= 0.3 is 104 Å². The van der Waals surface area contributed by atoms with Gasteiger partial charge in [-0.15, -0.1) is 37.2 Å². The van der Waals surface area contributed by atoms with Gasteiger partial charge in [0.15, 0.2) is 0 Å². The van der Waals surface area contributed by atoms with E-state index in [9.17, 15) is 0 Å². The average molecular weight is 351 g/mol. The van der Waals surface area contributed by atoms with Crippen LogP contribution in [-0.4, -0.2) is 23.5 Å². The van der Waals surface area contributed by atoms with E-state index in [1.165, 1.54) is 17.7 Å². The van der Waals surface area contributed by atoms with Crippen LogP contribution in [0.25, 0.3) is 0 Å². The predicted molar refractivity (Wildman–Crippen MR) is 85.4 cm³/mol. The summed E-state index contributed by atoms with van der Waals surface area (Å²) < 4.78 is 3.15. The van der Waals surface area contributed by atoms with Crippen LogP contribution >= 0.6 is 37.2 Å². The van der Waals surface area contributed by atoms with Crippen molar-refractivity contribution in [2.24, 2.45) is 0 Å². The maximum atomic E-state index is 2.60. The molecule has 0 saturated heterocycles. The molecular weight excluding hydrogens is 324 g/mol. The van der Waals surface area contributed by atoms with Crippen LogP contribution in [0.5, 0.6) is 0 Å². The van der Waals surface area contributed by atoms with E-state index >= 15 is 0 Å². The molecule has 5 heteroatoms. The molecule has 1 aliphatic carbocycles. The smallest absolute Gasteiger partial charge is 0.147 e. The predicted octanol–water partition coefficient (Wildman–Crippen LogP) is 4.72. The number of hydrogen-bond donors (Lipinski definition) is 0. The zero-order valence-electron chi connectivity index (χ0n) is 11.7. The van der Waals surface area contributed by atoms with Crippen molar-refractivity contribution in [1.29, 1.82) is 0 Å². The Morgan fingerprint density at radius 3 is 2.06 bits per heavy atom. The molecule has 0 fully saturated rings. The quantitative estimate of drug-likeness (QED) is 0.627. The summed E-state index contributed by atoms with van der Waals surface area (Å²) >= 11 is 0.161. The fourth-order valence-electron chi connectivity index (χ4n) is 2.04. The van der Waals surface area contributed by atoms with Crippen LogP contribution in [0.1, 0.15) is 34.1 Å². The summed E-state index contributed by atoms with van der Waals surface area (Å²) in [4.78, 5) is 2.60. The van der Waals surface area contributed by atoms with E-state index in [-0.39, 0.29) is 56.4 Å². The maximum absolute atomic E-state index is 2.60. The molecule has 0 bridgehead atoms. The fraction of sp³-hybridized carbons (Fsp3) is 0.692. The van der Waals surface area contributed by atoms with Crippen molar-refractivity contribution in [3.05, 3.63) is 22.1 Å². The summed E-state index contributed by atoms with van der Waals surface area (Å²) in [5, 5.41) is 0. The van der Waals surface area contributed by atoms with E-state index in [2.05, 4.69) is 50.8 Å². The molecule has 1 rings (SSSR count). The molecule has 1 aliphatic rings. The van der Waals surface area contributed by atoms with Crippen molar-refractivity contribution >= 4 is 37.2 Å². The summed E-state index contributed by atoms with van der Waals surface area (Å²) in [6.07, 6.45) is 8.06. The first-order valence-corrected chi connectivity index (χ1v) is 7.85. The molecule has 0 aromatic heterocycles. The Morgan fingerprint density at radius 2 is 1.67 bits per heavy atom. The van der Waals surface area contributed by atoms with Crippen LogP contribution in [0.2, 0.25) is 4.73 Å². The van der Waals surface area contributed by atoms with Gasteiger partial charge in [-0.05, 0) is 0 Å². The van der Waals surface area contributed by atoms with Crippen molar-refractivity contribution in [3.8, 4) is 0 Å². The first-order valence-electron chi connectivity index (χ1n) is 5.96. The van der Waals surface area contributed by atoms with Gasteiger partial charge in [-0.2, -0.15) is 0 Å². The van der Waals surface area contributed by atoms with Crippen molar-refractivity contribution in [2.45, 2.75) is 50.9 Å². The molecule has 0 atom stereocenters. The zero-order valence-corrected chi connectivity index (χ0v) is 15.7. The number of allylic oxidation sites excluding steroid dienone is 4. The number of halogens is 3. The minimum Gasteiger partial charge on any atom is -0.147 e. The maximum Gasteiger partial charge on any atom is -0.147 e. The Bertz CT molecular complexity index is 245. The number of nitrogens with zero attached hydrogens (tertiary/aromatic N) is 1. The first-order chi connectivity index (χ1) is 7.11. The molecule has 0 aromatic carbocycles. The van der Waals surface area contributed by atoms with E-state index in [1.807, 2.05) is 0 Å². The third kappa shape index (κ3) is 9.01. The second-order valence-corrected chi connectivity index (χ2v) is 7.01. The van der Waals surface area contributed by atoms with Crippen molar-refractivity contribution in [3.63, 3.8) is 0 Å². The largest absolute Gasteiger partial charge is 0.147 e. The van der Waals surface area contributed by atoms with E-state index in [0.29, 0.717) is 12.1 Å². The molecule has 0 aromatic rings. The van der Waals surface area contributed by atoms with Crippen LogP contribution in [0, 0.1) is 0 Å². The normalized spacial score (nSPS) is 12.9. The van der Waals surface area contributed by atoms with Gasteiger partial charge in [0.05, 0.1) is 0 Å². The number of rotatable bonds is 6. The summed E-state index contributed by atoms with van der Waals surface area (Å²) in [6, 6.07) is 1.37. The van der Waals surface area contributed by atoms with Crippen LogP contribution in [0.15, 0.2) is 22.1 Å². The van der Waals surface area contributed by atoms with Gasteiger partial charge in [0.1, 0.15) is 0 Å². The van der Waals surface area contributed by atoms with Crippen LogP contribution in [0.4, 0.5) is 0 Å². The first kappa shape index (κ1) is 24.1.